The summed E-state index contributed by atoms with van der Waals surface area (Å²) in [7, 11) is 1.71. The summed E-state index contributed by atoms with van der Waals surface area (Å²) in [6, 6.07) is 12.2. The molecule has 1 N–H and O–H groups in total. The van der Waals surface area contributed by atoms with Crippen molar-refractivity contribution in [1.82, 2.24) is 14.6 Å². The number of benzene rings is 1. The van der Waals surface area contributed by atoms with Crippen molar-refractivity contribution >= 4 is 11.5 Å². The molecule has 25 heavy (non-hydrogen) atoms. The minimum Gasteiger partial charge on any atom is -0.496 e. The van der Waals surface area contributed by atoms with Crippen molar-refractivity contribution in [3.63, 3.8) is 0 Å². The van der Waals surface area contributed by atoms with Gasteiger partial charge >= 0.3 is 0 Å². The Kier molecular flexibility index (Phi) is 4.66. The highest BCUT2D eigenvalue weighted by Gasteiger charge is 2.19. The second kappa shape index (κ2) is 6.75. The Balaban J connectivity index is 1.82. The molecule has 5 heteroatoms. The Hall–Kier alpha value is -2.56. The van der Waals surface area contributed by atoms with E-state index in [4.69, 9.17) is 9.84 Å². The van der Waals surface area contributed by atoms with E-state index >= 15 is 0 Å². The standard InChI is InChI=1S/C20H26N4O/c1-14-12-18(21-11-10-15-8-6-7-9-16(15)25-5)24-19(22-14)13-17(23-24)20(2,3)4/h6-9,12-13,21H,10-11H2,1-5H3. The first kappa shape index (κ1) is 17.3. The van der Waals surface area contributed by atoms with Crippen molar-refractivity contribution in [2.24, 2.45) is 0 Å². The molecular weight excluding hydrogens is 312 g/mol. The summed E-state index contributed by atoms with van der Waals surface area (Å²) in [4.78, 5) is 4.60. The molecule has 0 fully saturated rings. The monoisotopic (exact) mass is 338 g/mol. The molecule has 3 aromatic rings. The number of aryl methyl sites for hydroxylation is 1. The molecule has 1 aromatic carbocycles. The van der Waals surface area contributed by atoms with E-state index in [0.717, 1.165) is 41.6 Å². The Morgan fingerprint density at radius 2 is 1.92 bits per heavy atom. The van der Waals surface area contributed by atoms with Crippen LogP contribution in [0.15, 0.2) is 36.4 Å². The van der Waals surface area contributed by atoms with Gasteiger partial charge < -0.3 is 10.1 Å². The molecule has 132 valence electrons. The van der Waals surface area contributed by atoms with Crippen LogP contribution in [0.4, 0.5) is 5.82 Å². The number of para-hydroxylation sites is 1. The average molecular weight is 338 g/mol. The van der Waals surface area contributed by atoms with Crippen molar-refractivity contribution in [1.29, 1.82) is 0 Å². The fourth-order valence-electron chi connectivity index (χ4n) is 2.83. The van der Waals surface area contributed by atoms with Crippen LogP contribution in [0.5, 0.6) is 5.75 Å². The lowest BCUT2D eigenvalue weighted by molar-refractivity contribution is 0.410. The molecule has 0 amide bonds. The van der Waals surface area contributed by atoms with Gasteiger partial charge in [-0.15, -0.1) is 0 Å². The van der Waals surface area contributed by atoms with E-state index in [2.05, 4.69) is 43.2 Å². The summed E-state index contributed by atoms with van der Waals surface area (Å²) in [6.45, 7) is 9.29. The van der Waals surface area contributed by atoms with E-state index in [9.17, 15) is 0 Å². The van der Waals surface area contributed by atoms with Gasteiger partial charge in [0.25, 0.3) is 0 Å². The molecule has 2 aromatic heterocycles. The Labute approximate surface area is 149 Å². The van der Waals surface area contributed by atoms with Crippen LogP contribution in [-0.4, -0.2) is 28.3 Å². The third-order valence-corrected chi connectivity index (χ3v) is 4.22. The third-order valence-electron chi connectivity index (χ3n) is 4.22. The second-order valence-corrected chi connectivity index (χ2v) is 7.32. The number of nitrogens with zero attached hydrogens (tertiary/aromatic N) is 3. The van der Waals surface area contributed by atoms with Crippen LogP contribution in [-0.2, 0) is 11.8 Å². The van der Waals surface area contributed by atoms with Crippen molar-refractivity contribution < 1.29 is 4.74 Å². The van der Waals surface area contributed by atoms with Crippen molar-refractivity contribution in [3.8, 4) is 5.75 Å². The Bertz CT molecular complexity index is 877. The van der Waals surface area contributed by atoms with Gasteiger partial charge in [0.1, 0.15) is 11.6 Å². The summed E-state index contributed by atoms with van der Waals surface area (Å²) >= 11 is 0. The van der Waals surface area contributed by atoms with E-state index in [0.29, 0.717) is 0 Å². The molecule has 0 aliphatic rings. The van der Waals surface area contributed by atoms with Gasteiger partial charge in [-0.05, 0) is 25.0 Å². The molecule has 0 saturated heterocycles. The van der Waals surface area contributed by atoms with Gasteiger partial charge in [0.15, 0.2) is 5.65 Å². The minimum atomic E-state index is -0.00369. The fourth-order valence-corrected chi connectivity index (χ4v) is 2.83. The fraction of sp³-hybridized carbons (Fsp3) is 0.400. The summed E-state index contributed by atoms with van der Waals surface area (Å²) in [5.74, 6) is 1.89. The number of ether oxygens (including phenoxy) is 1. The van der Waals surface area contributed by atoms with Crippen LogP contribution in [0, 0.1) is 6.92 Å². The van der Waals surface area contributed by atoms with Gasteiger partial charge in [0.2, 0.25) is 0 Å². The molecule has 0 aliphatic heterocycles. The summed E-state index contributed by atoms with van der Waals surface area (Å²) in [5, 5.41) is 8.25. The number of fused-ring (bicyclic) bond motifs is 1. The van der Waals surface area contributed by atoms with E-state index in [1.807, 2.05) is 35.7 Å². The smallest absolute Gasteiger partial charge is 0.157 e. The molecule has 2 heterocycles. The topological polar surface area (TPSA) is 51.5 Å². The quantitative estimate of drug-likeness (QED) is 0.764. The van der Waals surface area contributed by atoms with Crippen LogP contribution >= 0.6 is 0 Å². The van der Waals surface area contributed by atoms with Crippen LogP contribution in [0.3, 0.4) is 0 Å². The lowest BCUT2D eigenvalue weighted by Gasteiger charge is -2.14. The summed E-state index contributed by atoms with van der Waals surface area (Å²) in [5.41, 5.74) is 4.09. The normalized spacial score (nSPS) is 11.7. The first-order valence-corrected chi connectivity index (χ1v) is 8.62. The molecule has 0 unspecified atom stereocenters. The van der Waals surface area contributed by atoms with E-state index in [-0.39, 0.29) is 5.41 Å². The number of methoxy groups -OCH3 is 1. The van der Waals surface area contributed by atoms with Crippen LogP contribution in [0.1, 0.15) is 37.7 Å². The number of hydrogen-bond acceptors (Lipinski definition) is 4. The van der Waals surface area contributed by atoms with Crippen LogP contribution in [0.2, 0.25) is 0 Å². The number of hydrogen-bond donors (Lipinski definition) is 1. The molecule has 0 bridgehead atoms. The van der Waals surface area contributed by atoms with Crippen molar-refractivity contribution in [2.75, 3.05) is 19.0 Å². The highest BCUT2D eigenvalue weighted by atomic mass is 16.5. The molecule has 0 radical (unpaired) electrons. The lowest BCUT2D eigenvalue weighted by Crippen LogP contribution is -2.13. The number of anilines is 1. The highest BCUT2D eigenvalue weighted by molar-refractivity contribution is 5.51. The van der Waals surface area contributed by atoms with Gasteiger partial charge in [0.05, 0.1) is 12.8 Å². The number of aromatic nitrogens is 3. The maximum absolute atomic E-state index is 5.42. The number of nitrogens with one attached hydrogen (secondary N) is 1. The lowest BCUT2D eigenvalue weighted by atomic mass is 9.93. The Morgan fingerprint density at radius 1 is 1.16 bits per heavy atom. The predicted octanol–water partition coefficient (Wildman–Crippen LogP) is 4.00. The van der Waals surface area contributed by atoms with Crippen molar-refractivity contribution in [3.05, 3.63) is 53.3 Å². The average Bonchev–Trinajstić information content (AvgIpc) is 2.99. The molecular formula is C20H26N4O. The van der Waals surface area contributed by atoms with Gasteiger partial charge in [-0.25, -0.2) is 4.98 Å². The maximum atomic E-state index is 5.42. The molecule has 3 rings (SSSR count). The van der Waals surface area contributed by atoms with Crippen molar-refractivity contribution in [2.45, 2.75) is 39.5 Å². The zero-order valence-electron chi connectivity index (χ0n) is 15.6. The predicted molar refractivity (Wildman–Crippen MR) is 102 cm³/mol. The van der Waals surface area contributed by atoms with Gasteiger partial charge in [-0.2, -0.15) is 9.61 Å². The van der Waals surface area contributed by atoms with Gasteiger partial charge in [-0.3, -0.25) is 0 Å². The van der Waals surface area contributed by atoms with Crippen LogP contribution < -0.4 is 10.1 Å². The maximum Gasteiger partial charge on any atom is 0.157 e. The molecule has 0 aliphatic carbocycles. The first-order chi connectivity index (χ1) is 11.9. The van der Waals surface area contributed by atoms with E-state index < -0.39 is 0 Å². The van der Waals surface area contributed by atoms with E-state index in [1.165, 1.54) is 5.56 Å². The zero-order valence-corrected chi connectivity index (χ0v) is 15.6. The SMILES string of the molecule is COc1ccccc1CCNc1cc(C)nc2cc(C(C)(C)C)nn12. The highest BCUT2D eigenvalue weighted by Crippen LogP contribution is 2.24. The largest absolute Gasteiger partial charge is 0.496 e. The molecule has 0 saturated carbocycles. The third kappa shape index (κ3) is 3.76. The minimum absolute atomic E-state index is 0.00369. The molecule has 0 spiro atoms. The van der Waals surface area contributed by atoms with Gasteiger partial charge in [-0.1, -0.05) is 39.0 Å². The first-order valence-electron chi connectivity index (χ1n) is 8.62. The molecule has 0 atom stereocenters. The number of rotatable bonds is 5. The van der Waals surface area contributed by atoms with Crippen LogP contribution in [0.25, 0.3) is 5.65 Å². The molecule has 5 nitrogen and oxygen atoms in total. The summed E-state index contributed by atoms with van der Waals surface area (Å²) < 4.78 is 7.32. The summed E-state index contributed by atoms with van der Waals surface area (Å²) in [6.07, 6.45) is 0.875. The second-order valence-electron chi connectivity index (χ2n) is 7.32. The van der Waals surface area contributed by atoms with Gasteiger partial charge in [0, 0.05) is 29.8 Å². The zero-order chi connectivity index (χ0) is 18.0. The Morgan fingerprint density at radius 3 is 2.64 bits per heavy atom. The van der Waals surface area contributed by atoms with E-state index in [1.54, 1.807) is 7.11 Å².